The number of aliphatic hydroxyl groups excluding tert-OH is 1. The van der Waals surface area contributed by atoms with E-state index in [1.807, 2.05) is 55.5 Å². The number of azo groups is 1. The van der Waals surface area contributed by atoms with Crippen LogP contribution in [0.25, 0.3) is 0 Å². The maximum atomic E-state index is 12.1. The second kappa shape index (κ2) is 9.37. The Labute approximate surface area is 147 Å². The molecule has 0 atom stereocenters. The van der Waals surface area contributed by atoms with Crippen molar-refractivity contribution in [2.45, 2.75) is 26.7 Å². The van der Waals surface area contributed by atoms with Crippen LogP contribution in [0.15, 0.2) is 76.3 Å². The molecule has 5 heteroatoms. The SMILES string of the molecule is CCOC(=O)C(N=Nc1ccccc1C)=C(O)CCc1ccccc1. The molecule has 5 nitrogen and oxygen atoms in total. The number of nitrogens with zero attached hydrogens (tertiary/aromatic N) is 2. The highest BCUT2D eigenvalue weighted by atomic mass is 16.5. The van der Waals surface area contributed by atoms with Crippen LogP contribution < -0.4 is 0 Å². The zero-order chi connectivity index (χ0) is 18.1. The number of carbonyl (C=O) groups excluding carboxylic acids is 1. The fourth-order valence-electron chi connectivity index (χ4n) is 2.22. The van der Waals surface area contributed by atoms with Crippen molar-refractivity contribution in [3.63, 3.8) is 0 Å². The van der Waals surface area contributed by atoms with Crippen LogP contribution in [-0.2, 0) is 16.0 Å². The van der Waals surface area contributed by atoms with Gasteiger partial charge in [-0.15, -0.1) is 10.2 Å². The Morgan fingerprint density at radius 3 is 2.44 bits per heavy atom. The summed E-state index contributed by atoms with van der Waals surface area (Å²) < 4.78 is 4.99. The van der Waals surface area contributed by atoms with Crippen molar-refractivity contribution in [1.29, 1.82) is 0 Å². The number of ether oxygens (including phenoxy) is 1. The quantitative estimate of drug-likeness (QED) is 0.332. The van der Waals surface area contributed by atoms with E-state index >= 15 is 0 Å². The summed E-state index contributed by atoms with van der Waals surface area (Å²) in [6, 6.07) is 17.1. The molecule has 2 aromatic carbocycles. The molecule has 0 aliphatic carbocycles. The Morgan fingerprint density at radius 1 is 1.08 bits per heavy atom. The van der Waals surface area contributed by atoms with Gasteiger partial charge in [0.1, 0.15) is 5.76 Å². The molecule has 0 aromatic heterocycles. The number of benzene rings is 2. The number of aliphatic hydroxyl groups is 1. The molecule has 2 rings (SSSR count). The highest BCUT2D eigenvalue weighted by molar-refractivity contribution is 5.88. The van der Waals surface area contributed by atoms with E-state index in [0.29, 0.717) is 12.1 Å². The molecule has 2 aromatic rings. The van der Waals surface area contributed by atoms with Gasteiger partial charge >= 0.3 is 5.97 Å². The fourth-order valence-corrected chi connectivity index (χ4v) is 2.22. The molecule has 25 heavy (non-hydrogen) atoms. The largest absolute Gasteiger partial charge is 0.510 e. The van der Waals surface area contributed by atoms with Gasteiger partial charge < -0.3 is 9.84 Å². The van der Waals surface area contributed by atoms with E-state index in [4.69, 9.17) is 4.74 Å². The van der Waals surface area contributed by atoms with E-state index in [1.54, 1.807) is 13.0 Å². The van der Waals surface area contributed by atoms with E-state index in [1.165, 1.54) is 0 Å². The van der Waals surface area contributed by atoms with Crippen LogP contribution >= 0.6 is 0 Å². The maximum Gasteiger partial charge on any atom is 0.362 e. The molecule has 0 spiro atoms. The van der Waals surface area contributed by atoms with E-state index in [-0.39, 0.29) is 24.5 Å². The van der Waals surface area contributed by atoms with Crippen LogP contribution in [0.4, 0.5) is 5.69 Å². The summed E-state index contributed by atoms with van der Waals surface area (Å²) in [5.74, 6) is -0.801. The summed E-state index contributed by atoms with van der Waals surface area (Å²) in [5.41, 5.74) is 2.48. The number of aryl methyl sites for hydroxylation is 2. The number of esters is 1. The zero-order valence-corrected chi connectivity index (χ0v) is 14.5. The Hall–Kier alpha value is -2.95. The second-order valence-electron chi connectivity index (χ2n) is 5.49. The van der Waals surface area contributed by atoms with Gasteiger partial charge in [0.25, 0.3) is 0 Å². The van der Waals surface area contributed by atoms with Crippen LogP contribution in [0, 0.1) is 6.92 Å². The average Bonchev–Trinajstić information content (AvgIpc) is 2.62. The molecule has 0 heterocycles. The lowest BCUT2D eigenvalue weighted by molar-refractivity contribution is -0.138. The Balaban J connectivity index is 2.21. The van der Waals surface area contributed by atoms with Crippen LogP contribution in [0.3, 0.4) is 0 Å². The van der Waals surface area contributed by atoms with Crippen LogP contribution in [0.1, 0.15) is 24.5 Å². The lowest BCUT2D eigenvalue weighted by atomic mass is 10.1. The predicted molar refractivity (Wildman–Crippen MR) is 96.7 cm³/mol. The molecule has 1 N–H and O–H groups in total. The minimum absolute atomic E-state index is 0.125. The molecule has 0 saturated heterocycles. The van der Waals surface area contributed by atoms with E-state index in [0.717, 1.165) is 11.1 Å². The predicted octanol–water partition coefficient (Wildman–Crippen LogP) is 5.04. The summed E-state index contributed by atoms with van der Waals surface area (Å²) in [6.45, 7) is 3.81. The first kappa shape index (κ1) is 18.4. The standard InChI is InChI=1S/C20H22N2O3/c1-3-25-20(24)19(22-21-17-12-8-7-9-15(17)2)18(23)14-13-16-10-5-4-6-11-16/h4-12,23H,3,13-14H2,1-2H3. The van der Waals surface area contributed by atoms with Crippen molar-refractivity contribution in [3.05, 3.63) is 77.2 Å². The fraction of sp³-hybridized carbons (Fsp3) is 0.250. The molecule has 0 bridgehead atoms. The van der Waals surface area contributed by atoms with E-state index < -0.39 is 5.97 Å². The third kappa shape index (κ3) is 5.57. The lowest BCUT2D eigenvalue weighted by Crippen LogP contribution is -2.09. The monoisotopic (exact) mass is 338 g/mol. The topological polar surface area (TPSA) is 71.2 Å². The molecule has 0 aliphatic heterocycles. The van der Waals surface area contributed by atoms with Gasteiger partial charge in [-0.2, -0.15) is 0 Å². The Morgan fingerprint density at radius 2 is 1.76 bits per heavy atom. The van der Waals surface area contributed by atoms with E-state index in [9.17, 15) is 9.90 Å². The minimum Gasteiger partial charge on any atom is -0.510 e. The third-order valence-electron chi connectivity index (χ3n) is 3.61. The first-order valence-corrected chi connectivity index (χ1v) is 8.22. The first-order chi connectivity index (χ1) is 12.1. The number of carbonyl (C=O) groups is 1. The summed E-state index contributed by atoms with van der Waals surface area (Å²) >= 11 is 0. The maximum absolute atomic E-state index is 12.1. The number of rotatable bonds is 7. The molecule has 0 radical (unpaired) electrons. The van der Waals surface area contributed by atoms with Crippen molar-refractivity contribution in [2.24, 2.45) is 10.2 Å². The number of hydrogen-bond acceptors (Lipinski definition) is 5. The van der Waals surface area contributed by atoms with Crippen LogP contribution in [-0.4, -0.2) is 17.7 Å². The molecule has 0 fully saturated rings. The molecule has 0 amide bonds. The smallest absolute Gasteiger partial charge is 0.362 e. The highest BCUT2D eigenvalue weighted by Gasteiger charge is 2.17. The normalized spacial score (nSPS) is 12.1. The van der Waals surface area contributed by atoms with Crippen molar-refractivity contribution in [2.75, 3.05) is 6.61 Å². The second-order valence-corrected chi connectivity index (χ2v) is 5.49. The highest BCUT2D eigenvalue weighted by Crippen LogP contribution is 2.21. The van der Waals surface area contributed by atoms with Crippen molar-refractivity contribution in [3.8, 4) is 0 Å². The van der Waals surface area contributed by atoms with Gasteiger partial charge in [-0.25, -0.2) is 4.79 Å². The van der Waals surface area contributed by atoms with Gasteiger partial charge in [0.15, 0.2) is 0 Å². The number of hydrogen-bond donors (Lipinski definition) is 1. The van der Waals surface area contributed by atoms with Gasteiger partial charge in [0.2, 0.25) is 5.70 Å². The van der Waals surface area contributed by atoms with Crippen molar-refractivity contribution in [1.82, 2.24) is 0 Å². The van der Waals surface area contributed by atoms with Gasteiger partial charge in [-0.3, -0.25) is 0 Å². The van der Waals surface area contributed by atoms with Crippen LogP contribution in [0.2, 0.25) is 0 Å². The summed E-state index contributed by atoms with van der Waals surface area (Å²) in [6.07, 6.45) is 0.875. The Bertz CT molecular complexity index is 768. The molecule has 0 saturated carbocycles. The number of allylic oxidation sites excluding steroid dienone is 1. The molecule has 130 valence electrons. The van der Waals surface area contributed by atoms with Gasteiger partial charge in [-0.1, -0.05) is 48.5 Å². The molecule has 0 aliphatic rings. The minimum atomic E-state index is -0.676. The van der Waals surface area contributed by atoms with Gasteiger partial charge in [0, 0.05) is 6.42 Å². The molecular formula is C20H22N2O3. The summed E-state index contributed by atoms with van der Waals surface area (Å²) in [7, 11) is 0. The first-order valence-electron chi connectivity index (χ1n) is 8.22. The van der Waals surface area contributed by atoms with Gasteiger partial charge in [0.05, 0.1) is 12.3 Å². The average molecular weight is 338 g/mol. The summed E-state index contributed by atoms with van der Waals surface area (Å²) in [4.78, 5) is 12.1. The van der Waals surface area contributed by atoms with Crippen molar-refractivity contribution >= 4 is 11.7 Å². The van der Waals surface area contributed by atoms with Crippen LogP contribution in [0.5, 0.6) is 0 Å². The molecule has 0 unspecified atom stereocenters. The zero-order valence-electron chi connectivity index (χ0n) is 14.5. The van der Waals surface area contributed by atoms with Crippen molar-refractivity contribution < 1.29 is 14.6 Å². The molecular weight excluding hydrogens is 316 g/mol. The van der Waals surface area contributed by atoms with Gasteiger partial charge in [-0.05, 0) is 37.5 Å². The van der Waals surface area contributed by atoms with E-state index in [2.05, 4.69) is 10.2 Å². The summed E-state index contributed by atoms with van der Waals surface area (Å²) in [5, 5.41) is 18.4. The lowest BCUT2D eigenvalue weighted by Gasteiger charge is -2.06. The Kier molecular flexibility index (Phi) is 6.89. The third-order valence-corrected chi connectivity index (χ3v) is 3.61.